The Hall–Kier alpha value is -1.10. The van der Waals surface area contributed by atoms with Crippen molar-refractivity contribution < 1.29 is 14.6 Å². The van der Waals surface area contributed by atoms with Gasteiger partial charge in [0.2, 0.25) is 0 Å². The SMILES string of the molecule is COCCOCCNCc1ccccc1O. The van der Waals surface area contributed by atoms with Crippen LogP contribution in [0.2, 0.25) is 0 Å². The van der Waals surface area contributed by atoms with E-state index in [1.165, 1.54) is 0 Å². The average molecular weight is 225 g/mol. The smallest absolute Gasteiger partial charge is 0.120 e. The van der Waals surface area contributed by atoms with E-state index in [0.29, 0.717) is 32.1 Å². The zero-order valence-corrected chi connectivity index (χ0v) is 9.61. The van der Waals surface area contributed by atoms with Gasteiger partial charge in [-0.1, -0.05) is 18.2 Å². The van der Waals surface area contributed by atoms with Crippen molar-refractivity contribution in [2.75, 3.05) is 33.5 Å². The molecule has 0 aliphatic rings. The summed E-state index contributed by atoms with van der Waals surface area (Å²) in [5.41, 5.74) is 0.902. The molecule has 0 aliphatic carbocycles. The summed E-state index contributed by atoms with van der Waals surface area (Å²) >= 11 is 0. The summed E-state index contributed by atoms with van der Waals surface area (Å²) in [6, 6.07) is 7.30. The van der Waals surface area contributed by atoms with Crippen molar-refractivity contribution in [2.45, 2.75) is 6.54 Å². The monoisotopic (exact) mass is 225 g/mol. The topological polar surface area (TPSA) is 50.7 Å². The van der Waals surface area contributed by atoms with Crippen LogP contribution >= 0.6 is 0 Å². The zero-order chi connectivity index (χ0) is 11.6. The summed E-state index contributed by atoms with van der Waals surface area (Å²) in [6.45, 7) is 3.31. The molecule has 0 aromatic heterocycles. The number of ether oxygens (including phenoxy) is 2. The van der Waals surface area contributed by atoms with Crippen molar-refractivity contribution in [1.82, 2.24) is 5.32 Å². The number of benzene rings is 1. The lowest BCUT2D eigenvalue weighted by molar-refractivity contribution is 0.0719. The van der Waals surface area contributed by atoms with Crippen LogP contribution in [0.25, 0.3) is 0 Å². The fourth-order valence-electron chi connectivity index (χ4n) is 1.27. The molecule has 0 heterocycles. The Morgan fingerprint density at radius 3 is 2.75 bits per heavy atom. The summed E-state index contributed by atoms with van der Waals surface area (Å²) in [7, 11) is 1.65. The quantitative estimate of drug-likeness (QED) is 0.651. The number of phenolic OH excluding ortho intramolecular Hbond substituents is 1. The maximum absolute atomic E-state index is 9.50. The van der Waals surface area contributed by atoms with E-state index < -0.39 is 0 Å². The predicted octanol–water partition coefficient (Wildman–Crippen LogP) is 1.14. The van der Waals surface area contributed by atoms with Gasteiger partial charge in [0.15, 0.2) is 0 Å². The largest absolute Gasteiger partial charge is 0.508 e. The van der Waals surface area contributed by atoms with Gasteiger partial charge < -0.3 is 19.9 Å². The molecule has 0 atom stereocenters. The summed E-state index contributed by atoms with van der Waals surface area (Å²) in [4.78, 5) is 0. The lowest BCUT2D eigenvalue weighted by Crippen LogP contribution is -2.20. The maximum atomic E-state index is 9.50. The van der Waals surface area contributed by atoms with Crippen LogP contribution in [0.4, 0.5) is 0 Å². The fourth-order valence-corrected chi connectivity index (χ4v) is 1.27. The van der Waals surface area contributed by atoms with Gasteiger partial charge in [-0.2, -0.15) is 0 Å². The standard InChI is InChI=1S/C12H19NO3/c1-15-8-9-16-7-6-13-10-11-4-2-3-5-12(11)14/h2-5,13-14H,6-10H2,1H3. The molecule has 90 valence electrons. The number of nitrogens with one attached hydrogen (secondary N) is 1. The first-order valence-electron chi connectivity index (χ1n) is 5.39. The van der Waals surface area contributed by atoms with Gasteiger partial charge in [-0.25, -0.2) is 0 Å². The number of para-hydroxylation sites is 1. The molecule has 0 amide bonds. The molecule has 0 bridgehead atoms. The first-order chi connectivity index (χ1) is 7.84. The van der Waals surface area contributed by atoms with Crippen LogP contribution in [-0.2, 0) is 16.0 Å². The van der Waals surface area contributed by atoms with Gasteiger partial charge in [-0.05, 0) is 6.07 Å². The van der Waals surface area contributed by atoms with Crippen molar-refractivity contribution in [3.63, 3.8) is 0 Å². The van der Waals surface area contributed by atoms with Gasteiger partial charge in [-0.3, -0.25) is 0 Å². The normalized spacial score (nSPS) is 10.6. The predicted molar refractivity (Wildman–Crippen MR) is 62.5 cm³/mol. The first kappa shape index (κ1) is 13.0. The molecule has 0 fully saturated rings. The molecule has 16 heavy (non-hydrogen) atoms. The van der Waals surface area contributed by atoms with Gasteiger partial charge in [-0.15, -0.1) is 0 Å². The van der Waals surface area contributed by atoms with Gasteiger partial charge in [0.1, 0.15) is 5.75 Å². The Labute approximate surface area is 96.2 Å². The van der Waals surface area contributed by atoms with Gasteiger partial charge >= 0.3 is 0 Å². The van der Waals surface area contributed by atoms with E-state index in [1.807, 2.05) is 18.2 Å². The van der Waals surface area contributed by atoms with Crippen LogP contribution in [0.1, 0.15) is 5.56 Å². The van der Waals surface area contributed by atoms with E-state index in [-0.39, 0.29) is 0 Å². The van der Waals surface area contributed by atoms with Crippen molar-refractivity contribution >= 4 is 0 Å². The summed E-state index contributed by atoms with van der Waals surface area (Å²) < 4.78 is 10.1. The number of hydrogen-bond acceptors (Lipinski definition) is 4. The Kier molecular flexibility index (Phi) is 6.56. The molecule has 2 N–H and O–H groups in total. The van der Waals surface area contributed by atoms with Crippen molar-refractivity contribution in [3.05, 3.63) is 29.8 Å². The van der Waals surface area contributed by atoms with Crippen LogP contribution in [0.15, 0.2) is 24.3 Å². The van der Waals surface area contributed by atoms with Crippen molar-refractivity contribution in [2.24, 2.45) is 0 Å². The molecular weight excluding hydrogens is 206 g/mol. The third kappa shape index (κ3) is 5.11. The molecule has 0 unspecified atom stereocenters. The molecule has 1 aromatic carbocycles. The molecule has 4 nitrogen and oxygen atoms in total. The Morgan fingerprint density at radius 2 is 2.00 bits per heavy atom. The van der Waals surface area contributed by atoms with Gasteiger partial charge in [0.05, 0.1) is 19.8 Å². The molecule has 0 aliphatic heterocycles. The maximum Gasteiger partial charge on any atom is 0.120 e. The molecule has 0 saturated heterocycles. The highest BCUT2D eigenvalue weighted by atomic mass is 16.5. The van der Waals surface area contributed by atoms with Crippen LogP contribution in [-0.4, -0.2) is 38.6 Å². The molecule has 0 radical (unpaired) electrons. The van der Waals surface area contributed by atoms with E-state index in [2.05, 4.69) is 5.32 Å². The van der Waals surface area contributed by atoms with Crippen LogP contribution in [0.3, 0.4) is 0 Å². The average Bonchev–Trinajstić information content (AvgIpc) is 2.30. The highest BCUT2D eigenvalue weighted by Gasteiger charge is 1.97. The van der Waals surface area contributed by atoms with Crippen LogP contribution in [0.5, 0.6) is 5.75 Å². The van der Waals surface area contributed by atoms with E-state index in [4.69, 9.17) is 9.47 Å². The number of hydrogen-bond donors (Lipinski definition) is 2. The summed E-state index contributed by atoms with van der Waals surface area (Å²) in [6.07, 6.45) is 0. The zero-order valence-electron chi connectivity index (χ0n) is 9.61. The minimum atomic E-state index is 0.329. The summed E-state index contributed by atoms with van der Waals surface area (Å²) in [5, 5.41) is 12.7. The highest BCUT2D eigenvalue weighted by molar-refractivity contribution is 5.31. The minimum absolute atomic E-state index is 0.329. The lowest BCUT2D eigenvalue weighted by Gasteiger charge is -2.07. The van der Waals surface area contributed by atoms with Gasteiger partial charge in [0, 0.05) is 25.8 Å². The number of aromatic hydroxyl groups is 1. The Bertz CT molecular complexity index is 291. The number of phenols is 1. The minimum Gasteiger partial charge on any atom is -0.508 e. The van der Waals surface area contributed by atoms with Crippen LogP contribution in [0, 0.1) is 0 Å². The van der Waals surface area contributed by atoms with E-state index >= 15 is 0 Å². The van der Waals surface area contributed by atoms with Crippen LogP contribution < -0.4 is 5.32 Å². The second-order valence-electron chi connectivity index (χ2n) is 3.41. The second kappa shape index (κ2) is 8.10. The molecule has 1 rings (SSSR count). The van der Waals surface area contributed by atoms with E-state index in [1.54, 1.807) is 13.2 Å². The molecular formula is C12H19NO3. The molecule has 0 spiro atoms. The van der Waals surface area contributed by atoms with E-state index in [0.717, 1.165) is 12.1 Å². The van der Waals surface area contributed by atoms with E-state index in [9.17, 15) is 5.11 Å². The highest BCUT2D eigenvalue weighted by Crippen LogP contribution is 2.14. The lowest BCUT2D eigenvalue weighted by atomic mass is 10.2. The summed E-state index contributed by atoms with van der Waals surface area (Å²) in [5.74, 6) is 0.329. The molecule has 1 aromatic rings. The fraction of sp³-hybridized carbons (Fsp3) is 0.500. The second-order valence-corrected chi connectivity index (χ2v) is 3.41. The third-order valence-corrected chi connectivity index (χ3v) is 2.16. The first-order valence-corrected chi connectivity index (χ1v) is 5.39. The van der Waals surface area contributed by atoms with Crippen molar-refractivity contribution in [1.29, 1.82) is 0 Å². The molecule has 4 heteroatoms. The van der Waals surface area contributed by atoms with Crippen molar-refractivity contribution in [3.8, 4) is 5.75 Å². The number of methoxy groups -OCH3 is 1. The third-order valence-electron chi connectivity index (χ3n) is 2.16. The number of rotatable bonds is 8. The Morgan fingerprint density at radius 1 is 1.19 bits per heavy atom. The molecule has 0 saturated carbocycles. The Balaban J connectivity index is 2.05. The van der Waals surface area contributed by atoms with Gasteiger partial charge in [0.25, 0.3) is 0 Å².